The Hall–Kier alpha value is -3.02. The first-order valence-corrected chi connectivity index (χ1v) is 7.87. The van der Waals surface area contributed by atoms with Gasteiger partial charge in [0.05, 0.1) is 12.2 Å². The van der Waals surface area contributed by atoms with Gasteiger partial charge in [-0.2, -0.15) is 67.3 Å². The van der Waals surface area contributed by atoms with Gasteiger partial charge in [-0.1, -0.05) is 0 Å². The Morgan fingerprint density at radius 2 is 1.36 bits per heavy atom. The zero-order valence-corrected chi connectivity index (χ0v) is 15.3. The SMILES string of the molecule is Cn1nc(Cn2nc(C(F)(F)C(F)(F)F)cc2C(F)(F)C(F)(F)F)c(C(F)(F)F)c1C(=O)O. The maximum Gasteiger partial charge on any atom is 0.459 e. The summed E-state index contributed by atoms with van der Waals surface area (Å²) in [6.45, 7) is -1.97. The Bertz CT molecular complexity index is 1060. The lowest BCUT2D eigenvalue weighted by molar-refractivity contribution is -0.292. The lowest BCUT2D eigenvalue weighted by Crippen LogP contribution is -2.36. The second-order valence-electron chi connectivity index (χ2n) is 6.31. The highest BCUT2D eigenvalue weighted by atomic mass is 19.4. The largest absolute Gasteiger partial charge is 0.477 e. The van der Waals surface area contributed by atoms with Crippen LogP contribution >= 0.6 is 0 Å². The van der Waals surface area contributed by atoms with Gasteiger partial charge >= 0.3 is 36.3 Å². The van der Waals surface area contributed by atoms with Gasteiger partial charge in [0.1, 0.15) is 17.0 Å². The van der Waals surface area contributed by atoms with Crippen molar-refractivity contribution in [3.05, 3.63) is 34.4 Å². The van der Waals surface area contributed by atoms with Gasteiger partial charge in [0, 0.05) is 7.05 Å². The van der Waals surface area contributed by atoms with Crippen molar-refractivity contribution in [2.75, 3.05) is 0 Å². The Labute approximate surface area is 172 Å². The number of carbonyl (C=O) groups is 1. The van der Waals surface area contributed by atoms with Gasteiger partial charge in [0.2, 0.25) is 0 Å². The minimum atomic E-state index is -6.58. The molecular formula is C14H7F13N4O2. The van der Waals surface area contributed by atoms with Crippen molar-refractivity contribution in [2.24, 2.45) is 7.05 Å². The molecule has 0 saturated heterocycles. The van der Waals surface area contributed by atoms with E-state index in [2.05, 4.69) is 10.2 Å². The summed E-state index contributed by atoms with van der Waals surface area (Å²) >= 11 is 0. The summed E-state index contributed by atoms with van der Waals surface area (Å²) in [5.41, 5.74) is -10.7. The van der Waals surface area contributed by atoms with Crippen LogP contribution in [0, 0.1) is 0 Å². The molecular weight excluding hydrogens is 503 g/mol. The van der Waals surface area contributed by atoms with E-state index in [1.165, 1.54) is 0 Å². The zero-order chi connectivity index (χ0) is 25.9. The quantitative estimate of drug-likeness (QED) is 0.593. The van der Waals surface area contributed by atoms with E-state index in [1.807, 2.05) is 0 Å². The minimum absolute atomic E-state index is 0.0385. The summed E-state index contributed by atoms with van der Waals surface area (Å²) in [6, 6.07) is -0.963. The van der Waals surface area contributed by atoms with E-state index in [0.717, 1.165) is 0 Å². The van der Waals surface area contributed by atoms with Crippen molar-refractivity contribution < 1.29 is 67.0 Å². The summed E-state index contributed by atoms with van der Waals surface area (Å²) < 4.78 is 170. The Kier molecular flexibility index (Phi) is 5.97. The minimum Gasteiger partial charge on any atom is -0.477 e. The van der Waals surface area contributed by atoms with Crippen LogP contribution in [0.5, 0.6) is 0 Å². The predicted octanol–water partition coefficient (Wildman–Crippen LogP) is 4.69. The highest BCUT2D eigenvalue weighted by molar-refractivity contribution is 5.88. The first-order chi connectivity index (χ1) is 14.5. The molecule has 0 saturated carbocycles. The number of alkyl halides is 13. The summed E-state index contributed by atoms with van der Waals surface area (Å²) in [7, 11) is 0.611. The molecule has 0 unspecified atom stereocenters. The van der Waals surface area contributed by atoms with Gasteiger partial charge in [0.15, 0.2) is 5.69 Å². The number of carboxylic acids is 1. The third-order valence-electron chi connectivity index (χ3n) is 4.04. The maximum absolute atomic E-state index is 13.8. The van der Waals surface area contributed by atoms with Crippen LogP contribution in [0.2, 0.25) is 0 Å². The molecule has 0 atom stereocenters. The van der Waals surface area contributed by atoms with Crippen LogP contribution in [0.4, 0.5) is 57.1 Å². The lowest BCUT2D eigenvalue weighted by Gasteiger charge is -2.20. The number of carboxylic acid groups (broad SMARTS) is 1. The molecule has 2 heterocycles. The smallest absolute Gasteiger partial charge is 0.459 e. The normalized spacial score (nSPS) is 14.1. The van der Waals surface area contributed by atoms with E-state index in [0.29, 0.717) is 7.05 Å². The molecule has 0 aliphatic carbocycles. The first-order valence-electron chi connectivity index (χ1n) is 7.87. The van der Waals surface area contributed by atoms with E-state index in [-0.39, 0.29) is 4.68 Å². The molecule has 0 aliphatic heterocycles. The summed E-state index contributed by atoms with van der Waals surface area (Å²) in [5.74, 6) is -14.5. The van der Waals surface area contributed by atoms with Crippen molar-refractivity contribution in [2.45, 2.75) is 36.9 Å². The van der Waals surface area contributed by atoms with Crippen molar-refractivity contribution in [1.29, 1.82) is 0 Å². The fourth-order valence-electron chi connectivity index (χ4n) is 2.61. The van der Waals surface area contributed by atoms with Crippen LogP contribution in [0.25, 0.3) is 0 Å². The number of hydrogen-bond donors (Lipinski definition) is 1. The van der Waals surface area contributed by atoms with E-state index >= 15 is 0 Å². The van der Waals surface area contributed by atoms with Gasteiger partial charge in [0.25, 0.3) is 0 Å². The van der Waals surface area contributed by atoms with E-state index in [1.54, 1.807) is 0 Å². The molecule has 0 amide bonds. The average Bonchev–Trinajstić information content (AvgIpc) is 3.14. The molecule has 0 spiro atoms. The summed E-state index contributed by atoms with van der Waals surface area (Å²) in [6.07, 6.45) is -18.7. The Balaban J connectivity index is 2.81. The summed E-state index contributed by atoms with van der Waals surface area (Å²) in [4.78, 5) is 11.1. The molecule has 0 bridgehead atoms. The van der Waals surface area contributed by atoms with Crippen molar-refractivity contribution in [1.82, 2.24) is 19.6 Å². The number of halogens is 13. The third kappa shape index (κ3) is 4.43. The van der Waals surface area contributed by atoms with Crippen molar-refractivity contribution in [3.63, 3.8) is 0 Å². The first kappa shape index (κ1) is 26.2. The van der Waals surface area contributed by atoms with Crippen LogP contribution < -0.4 is 0 Å². The number of aromatic nitrogens is 4. The van der Waals surface area contributed by atoms with Crippen LogP contribution in [0.15, 0.2) is 6.07 Å². The molecule has 2 aromatic rings. The molecule has 0 radical (unpaired) electrons. The van der Waals surface area contributed by atoms with Gasteiger partial charge in [-0.3, -0.25) is 9.36 Å². The predicted molar refractivity (Wildman–Crippen MR) is 76.4 cm³/mol. The average molecular weight is 510 g/mol. The highest BCUT2D eigenvalue weighted by Gasteiger charge is 2.64. The van der Waals surface area contributed by atoms with E-state index in [9.17, 15) is 61.9 Å². The fraction of sp³-hybridized carbons (Fsp3) is 0.500. The summed E-state index contributed by atoms with van der Waals surface area (Å²) in [5, 5.41) is 14.3. The third-order valence-corrected chi connectivity index (χ3v) is 4.04. The standard InChI is InChI=1S/C14H7F13N4O2/c1-30-8(9(32)33)7(12(19,20)21)4(28-30)3-31-6(11(17,18)14(25,26)27)2-5(29-31)10(15,16)13(22,23)24/h2H,3H2,1H3,(H,32,33). The molecule has 0 aromatic carbocycles. The van der Waals surface area contributed by atoms with Gasteiger partial charge in [-0.05, 0) is 6.07 Å². The van der Waals surface area contributed by atoms with Crippen LogP contribution in [0.1, 0.15) is 33.1 Å². The van der Waals surface area contributed by atoms with Crippen LogP contribution in [-0.2, 0) is 31.6 Å². The maximum atomic E-state index is 13.8. The molecule has 33 heavy (non-hydrogen) atoms. The fourth-order valence-corrected chi connectivity index (χ4v) is 2.61. The Morgan fingerprint density at radius 1 is 0.879 bits per heavy atom. The molecule has 186 valence electrons. The monoisotopic (exact) mass is 510 g/mol. The molecule has 6 nitrogen and oxygen atoms in total. The number of hydrogen-bond acceptors (Lipinski definition) is 3. The van der Waals surface area contributed by atoms with Crippen LogP contribution in [0.3, 0.4) is 0 Å². The molecule has 19 heteroatoms. The molecule has 2 aromatic heterocycles. The van der Waals surface area contributed by atoms with Gasteiger partial charge in [-0.25, -0.2) is 4.79 Å². The second kappa shape index (κ2) is 7.51. The number of rotatable bonds is 5. The van der Waals surface area contributed by atoms with E-state index in [4.69, 9.17) is 5.11 Å². The van der Waals surface area contributed by atoms with Gasteiger partial charge in [-0.15, -0.1) is 0 Å². The number of aryl methyl sites for hydroxylation is 1. The van der Waals surface area contributed by atoms with Crippen molar-refractivity contribution >= 4 is 5.97 Å². The molecule has 2 rings (SSSR count). The molecule has 0 aliphatic rings. The lowest BCUT2D eigenvalue weighted by atomic mass is 10.1. The van der Waals surface area contributed by atoms with Crippen LogP contribution in [-0.4, -0.2) is 43.0 Å². The van der Waals surface area contributed by atoms with Gasteiger partial charge < -0.3 is 5.11 Å². The van der Waals surface area contributed by atoms with E-state index < -0.39 is 82.0 Å². The topological polar surface area (TPSA) is 72.9 Å². The number of nitrogens with zero attached hydrogens (tertiary/aromatic N) is 4. The highest BCUT2D eigenvalue weighted by Crippen LogP contribution is 2.48. The second-order valence-corrected chi connectivity index (χ2v) is 6.31. The molecule has 0 fully saturated rings. The molecule has 1 N–H and O–H groups in total. The number of aromatic carboxylic acids is 1. The Morgan fingerprint density at radius 3 is 1.76 bits per heavy atom. The van der Waals surface area contributed by atoms with Crippen molar-refractivity contribution in [3.8, 4) is 0 Å². The zero-order valence-electron chi connectivity index (χ0n) is 15.3.